The Bertz CT molecular complexity index is 293. The van der Waals surface area contributed by atoms with Crippen molar-refractivity contribution >= 4 is 6.09 Å². The summed E-state index contributed by atoms with van der Waals surface area (Å²) in [5.41, 5.74) is -0.412. The molecule has 1 amide bonds. The van der Waals surface area contributed by atoms with E-state index in [0.29, 0.717) is 6.04 Å². The number of fused-ring (bicyclic) bond motifs is 1. The van der Waals surface area contributed by atoms with Gasteiger partial charge in [-0.15, -0.1) is 0 Å². The van der Waals surface area contributed by atoms with E-state index in [9.17, 15) is 4.79 Å². The minimum absolute atomic E-state index is 0.180. The Kier molecular flexibility index (Phi) is 2.37. The van der Waals surface area contributed by atoms with Crippen molar-refractivity contribution in [3.05, 3.63) is 12.3 Å². The Morgan fingerprint density at radius 1 is 1.53 bits per heavy atom. The molecule has 4 nitrogen and oxygen atoms in total. The number of carbonyl (C=O) groups excluding carboxylic acids is 1. The fourth-order valence-corrected chi connectivity index (χ4v) is 2.05. The van der Waals surface area contributed by atoms with E-state index >= 15 is 0 Å². The molecule has 0 aromatic heterocycles. The number of ether oxygens (including phenoxy) is 1. The van der Waals surface area contributed by atoms with Crippen LogP contribution in [-0.4, -0.2) is 35.2 Å². The minimum Gasteiger partial charge on any atom is -0.444 e. The minimum atomic E-state index is -0.412. The van der Waals surface area contributed by atoms with Gasteiger partial charge in [0.1, 0.15) is 5.60 Å². The first-order valence-electron chi connectivity index (χ1n) is 5.40. The molecule has 0 aromatic carbocycles. The number of likely N-dealkylation sites (tertiary alicyclic amines) is 1. The maximum absolute atomic E-state index is 11.8. The molecule has 2 atom stereocenters. The van der Waals surface area contributed by atoms with Crippen LogP contribution in [0.25, 0.3) is 0 Å². The van der Waals surface area contributed by atoms with Gasteiger partial charge in [-0.1, -0.05) is 0 Å². The monoisotopic (exact) mass is 210 g/mol. The number of hydrogen-bond acceptors (Lipinski definition) is 3. The molecule has 0 aliphatic carbocycles. The van der Waals surface area contributed by atoms with E-state index in [-0.39, 0.29) is 12.1 Å². The van der Waals surface area contributed by atoms with Gasteiger partial charge in [-0.25, -0.2) is 4.79 Å². The highest BCUT2D eigenvalue weighted by Crippen LogP contribution is 2.24. The third-order valence-corrected chi connectivity index (χ3v) is 2.68. The summed E-state index contributed by atoms with van der Waals surface area (Å²) in [7, 11) is 0. The smallest absolute Gasteiger partial charge is 0.410 e. The normalized spacial score (nSPS) is 28.9. The maximum Gasteiger partial charge on any atom is 0.410 e. The van der Waals surface area contributed by atoms with Crippen molar-refractivity contribution in [2.45, 2.75) is 44.9 Å². The lowest BCUT2D eigenvalue weighted by molar-refractivity contribution is 0.0253. The fourth-order valence-electron chi connectivity index (χ4n) is 2.05. The molecule has 1 fully saturated rings. The predicted octanol–water partition coefficient (Wildman–Crippen LogP) is 1.48. The average molecular weight is 210 g/mol. The first kappa shape index (κ1) is 10.3. The lowest BCUT2D eigenvalue weighted by atomic mass is 10.2. The predicted molar refractivity (Wildman–Crippen MR) is 57.4 cm³/mol. The number of nitrogens with zero attached hydrogens (tertiary/aromatic N) is 1. The van der Waals surface area contributed by atoms with Crippen molar-refractivity contribution in [3.63, 3.8) is 0 Å². The number of rotatable bonds is 0. The molecule has 2 aliphatic rings. The number of hydrogen-bond donors (Lipinski definition) is 1. The Hall–Kier alpha value is -1.19. The Balaban J connectivity index is 1.99. The Labute approximate surface area is 90.3 Å². The molecule has 0 aromatic rings. The highest BCUT2D eigenvalue weighted by atomic mass is 16.6. The van der Waals surface area contributed by atoms with Gasteiger partial charge in [0, 0.05) is 6.54 Å². The molecule has 4 heteroatoms. The summed E-state index contributed by atoms with van der Waals surface area (Å²) >= 11 is 0. The zero-order chi connectivity index (χ0) is 11.1. The second-order valence-electron chi connectivity index (χ2n) is 5.09. The molecule has 0 bridgehead atoms. The molecule has 15 heavy (non-hydrogen) atoms. The molecular formula is C11H18N2O2. The number of amides is 1. The molecular weight excluding hydrogens is 192 g/mol. The first-order chi connectivity index (χ1) is 6.97. The molecule has 0 unspecified atom stereocenters. The summed E-state index contributed by atoms with van der Waals surface area (Å²) < 4.78 is 5.36. The van der Waals surface area contributed by atoms with Gasteiger partial charge in [-0.3, -0.25) is 4.90 Å². The second kappa shape index (κ2) is 3.43. The Morgan fingerprint density at radius 2 is 2.27 bits per heavy atom. The molecule has 2 heterocycles. The van der Waals surface area contributed by atoms with E-state index in [1.54, 1.807) is 4.90 Å². The Morgan fingerprint density at radius 3 is 2.93 bits per heavy atom. The molecule has 0 saturated carbocycles. The largest absolute Gasteiger partial charge is 0.444 e. The fraction of sp³-hybridized carbons (Fsp3) is 0.727. The summed E-state index contributed by atoms with van der Waals surface area (Å²) in [4.78, 5) is 13.6. The van der Waals surface area contributed by atoms with Crippen LogP contribution in [0.3, 0.4) is 0 Å². The van der Waals surface area contributed by atoms with Crippen molar-refractivity contribution in [3.8, 4) is 0 Å². The zero-order valence-electron chi connectivity index (χ0n) is 9.49. The van der Waals surface area contributed by atoms with Crippen LogP contribution in [0.2, 0.25) is 0 Å². The van der Waals surface area contributed by atoms with Crippen LogP contribution in [-0.2, 0) is 4.74 Å². The van der Waals surface area contributed by atoms with Crippen molar-refractivity contribution in [1.29, 1.82) is 0 Å². The van der Waals surface area contributed by atoms with Gasteiger partial charge >= 0.3 is 6.09 Å². The van der Waals surface area contributed by atoms with E-state index in [1.165, 1.54) is 0 Å². The van der Waals surface area contributed by atoms with Gasteiger partial charge in [-0.05, 0) is 39.5 Å². The molecule has 0 radical (unpaired) electrons. The van der Waals surface area contributed by atoms with E-state index in [2.05, 4.69) is 5.32 Å². The van der Waals surface area contributed by atoms with Crippen molar-refractivity contribution in [2.75, 3.05) is 6.54 Å². The number of nitrogens with one attached hydrogen (secondary N) is 1. The molecule has 2 rings (SSSR count). The summed E-state index contributed by atoms with van der Waals surface area (Å²) in [6.07, 6.45) is 4.74. The van der Waals surface area contributed by atoms with E-state index in [4.69, 9.17) is 4.74 Å². The van der Waals surface area contributed by atoms with Gasteiger partial charge in [0.2, 0.25) is 0 Å². The molecule has 0 spiro atoms. The van der Waals surface area contributed by atoms with Crippen LogP contribution < -0.4 is 5.32 Å². The van der Waals surface area contributed by atoms with Gasteiger partial charge < -0.3 is 10.1 Å². The van der Waals surface area contributed by atoms with Crippen LogP contribution in [0.15, 0.2) is 12.3 Å². The summed E-state index contributed by atoms with van der Waals surface area (Å²) in [6.45, 7) is 6.45. The van der Waals surface area contributed by atoms with Crippen molar-refractivity contribution in [1.82, 2.24) is 10.2 Å². The van der Waals surface area contributed by atoms with Crippen LogP contribution in [0.1, 0.15) is 27.2 Å². The van der Waals surface area contributed by atoms with Crippen molar-refractivity contribution in [2.24, 2.45) is 0 Å². The lowest BCUT2D eigenvalue weighted by Gasteiger charge is -2.27. The van der Waals surface area contributed by atoms with Crippen LogP contribution in [0.4, 0.5) is 4.79 Å². The third kappa shape index (κ3) is 2.08. The quantitative estimate of drug-likeness (QED) is 0.658. The lowest BCUT2D eigenvalue weighted by Crippen LogP contribution is -2.41. The van der Waals surface area contributed by atoms with Crippen LogP contribution >= 0.6 is 0 Å². The highest BCUT2D eigenvalue weighted by molar-refractivity contribution is 5.69. The second-order valence-corrected chi connectivity index (χ2v) is 5.09. The van der Waals surface area contributed by atoms with E-state index < -0.39 is 5.60 Å². The molecule has 2 aliphatic heterocycles. The standard InChI is InChI=1S/C11H18N2O2/c1-11(2,3)15-10(14)13-7-5-8-9(13)4-6-12-8/h4,6,8-9,12H,5,7H2,1-3H3/t8-,9-/m0/s1. The molecule has 1 saturated heterocycles. The summed E-state index contributed by atoms with van der Waals surface area (Å²) in [5, 5.41) is 3.24. The topological polar surface area (TPSA) is 41.6 Å². The van der Waals surface area contributed by atoms with Gasteiger partial charge in [0.05, 0.1) is 12.1 Å². The van der Waals surface area contributed by atoms with Gasteiger partial charge in [0.15, 0.2) is 0 Å². The van der Waals surface area contributed by atoms with E-state index in [0.717, 1.165) is 13.0 Å². The van der Waals surface area contributed by atoms with Gasteiger partial charge in [-0.2, -0.15) is 0 Å². The zero-order valence-corrected chi connectivity index (χ0v) is 9.49. The summed E-state index contributed by atoms with van der Waals surface area (Å²) in [5.74, 6) is 0. The van der Waals surface area contributed by atoms with Gasteiger partial charge in [0.25, 0.3) is 0 Å². The molecule has 1 N–H and O–H groups in total. The van der Waals surface area contributed by atoms with Crippen molar-refractivity contribution < 1.29 is 9.53 Å². The first-order valence-corrected chi connectivity index (χ1v) is 5.40. The average Bonchev–Trinajstić information content (AvgIpc) is 2.57. The number of carbonyl (C=O) groups is 1. The third-order valence-electron chi connectivity index (χ3n) is 2.68. The van der Waals surface area contributed by atoms with Crippen LogP contribution in [0, 0.1) is 0 Å². The SMILES string of the molecule is CC(C)(C)OC(=O)N1CC[C@@H]2NC=C[C@@H]21. The van der Waals surface area contributed by atoms with Crippen LogP contribution in [0.5, 0.6) is 0 Å². The molecule has 84 valence electrons. The summed E-state index contributed by atoms with van der Waals surface area (Å²) in [6, 6.07) is 0.567. The maximum atomic E-state index is 11.8. The highest BCUT2D eigenvalue weighted by Gasteiger charge is 2.39. The van der Waals surface area contributed by atoms with E-state index in [1.807, 2.05) is 33.0 Å².